The lowest BCUT2D eigenvalue weighted by Crippen LogP contribution is -2.48. The number of sulfonamides is 1. The van der Waals surface area contributed by atoms with Crippen LogP contribution in [0.3, 0.4) is 0 Å². The lowest BCUT2D eigenvalue weighted by atomic mass is 9.87. The number of aliphatic hydroxyl groups excluding tert-OH is 1. The van der Waals surface area contributed by atoms with E-state index in [1.807, 2.05) is 26.8 Å². The molecule has 1 aliphatic heterocycles. The minimum atomic E-state index is -3.94. The third-order valence-electron chi connectivity index (χ3n) is 4.50. The molecule has 2 N–H and O–H groups in total. The molecule has 1 aromatic rings. The van der Waals surface area contributed by atoms with Gasteiger partial charge in [0.2, 0.25) is 10.0 Å². The van der Waals surface area contributed by atoms with Crippen molar-refractivity contribution in [3.8, 4) is 5.75 Å². The van der Waals surface area contributed by atoms with E-state index in [-0.39, 0.29) is 35.6 Å². The van der Waals surface area contributed by atoms with Gasteiger partial charge < -0.3 is 14.9 Å². The molecule has 2 unspecified atom stereocenters. The normalized spacial score (nSPS) is 22.6. The van der Waals surface area contributed by atoms with E-state index in [4.69, 9.17) is 4.74 Å². The Morgan fingerprint density at radius 1 is 1.32 bits per heavy atom. The van der Waals surface area contributed by atoms with Gasteiger partial charge in [-0.25, -0.2) is 8.42 Å². The van der Waals surface area contributed by atoms with E-state index in [1.165, 1.54) is 7.11 Å². The summed E-state index contributed by atoms with van der Waals surface area (Å²) in [6, 6.07) is 5.01. The Morgan fingerprint density at radius 3 is 2.48 bits per heavy atom. The molecule has 0 aromatic heterocycles. The van der Waals surface area contributed by atoms with Gasteiger partial charge in [0.1, 0.15) is 10.6 Å². The molecule has 0 saturated carbocycles. The third kappa shape index (κ3) is 3.96. The number of carboxylic acid groups (broad SMARTS) is 1. The predicted molar refractivity (Wildman–Crippen MR) is 92.2 cm³/mol. The molecule has 0 radical (unpaired) electrons. The molecule has 25 heavy (non-hydrogen) atoms. The highest BCUT2D eigenvalue weighted by molar-refractivity contribution is 7.89. The van der Waals surface area contributed by atoms with E-state index in [9.17, 15) is 23.4 Å². The third-order valence-corrected chi connectivity index (χ3v) is 6.39. The predicted octanol–water partition coefficient (Wildman–Crippen LogP) is 1.45. The van der Waals surface area contributed by atoms with E-state index >= 15 is 0 Å². The average molecular weight is 371 g/mol. The molecule has 8 heteroatoms. The summed E-state index contributed by atoms with van der Waals surface area (Å²) in [6.45, 7) is 5.73. The molecular formula is C17H25NO6S. The zero-order valence-electron chi connectivity index (χ0n) is 14.9. The highest BCUT2D eigenvalue weighted by Crippen LogP contribution is 2.34. The maximum atomic E-state index is 13.1. The summed E-state index contributed by atoms with van der Waals surface area (Å²) in [5, 5.41) is 19.0. The Morgan fingerprint density at radius 2 is 1.96 bits per heavy atom. The first kappa shape index (κ1) is 19.7. The first-order chi connectivity index (χ1) is 11.5. The number of ether oxygens (including phenoxy) is 1. The van der Waals surface area contributed by atoms with Gasteiger partial charge in [0.15, 0.2) is 0 Å². The van der Waals surface area contributed by atoms with Crippen molar-refractivity contribution in [2.24, 2.45) is 5.92 Å². The van der Waals surface area contributed by atoms with Gasteiger partial charge in [0.25, 0.3) is 0 Å². The summed E-state index contributed by atoms with van der Waals surface area (Å²) in [4.78, 5) is 11.3. The zero-order valence-corrected chi connectivity index (χ0v) is 15.7. The van der Waals surface area contributed by atoms with Crippen LogP contribution in [0.2, 0.25) is 0 Å². The fraction of sp³-hybridized carbons (Fsp3) is 0.588. The van der Waals surface area contributed by atoms with Crippen LogP contribution in [-0.4, -0.2) is 55.2 Å². The van der Waals surface area contributed by atoms with Gasteiger partial charge in [0, 0.05) is 13.1 Å². The first-order valence-corrected chi connectivity index (χ1v) is 9.52. The van der Waals surface area contributed by atoms with Gasteiger partial charge in [-0.3, -0.25) is 4.79 Å². The molecule has 2 atom stereocenters. The summed E-state index contributed by atoms with van der Waals surface area (Å²) in [5.74, 6) is -2.13. The Hall–Kier alpha value is -1.64. The highest BCUT2D eigenvalue weighted by Gasteiger charge is 2.39. The van der Waals surface area contributed by atoms with Crippen LogP contribution in [-0.2, 0) is 20.2 Å². The van der Waals surface area contributed by atoms with Gasteiger partial charge in [0.05, 0.1) is 19.1 Å². The molecular weight excluding hydrogens is 346 g/mol. The van der Waals surface area contributed by atoms with Crippen LogP contribution in [0.4, 0.5) is 0 Å². The molecule has 1 heterocycles. The van der Waals surface area contributed by atoms with Crippen LogP contribution < -0.4 is 4.74 Å². The van der Waals surface area contributed by atoms with Crippen molar-refractivity contribution >= 4 is 16.0 Å². The van der Waals surface area contributed by atoms with Crippen molar-refractivity contribution in [2.45, 2.75) is 43.6 Å². The number of hydrogen-bond acceptors (Lipinski definition) is 5. The highest BCUT2D eigenvalue weighted by atomic mass is 32.2. The number of methoxy groups -OCH3 is 1. The van der Waals surface area contributed by atoms with E-state index in [0.717, 1.165) is 9.87 Å². The van der Waals surface area contributed by atoms with Crippen LogP contribution in [0.5, 0.6) is 5.75 Å². The standard InChI is InChI=1S/C17H25NO6S/c1-17(2,3)11-5-6-14(24-4)15(9-11)25(22,23)18-8-7-13(19)12(10-18)16(20)21/h5-6,9,12-13,19H,7-8,10H2,1-4H3,(H,20,21). The summed E-state index contributed by atoms with van der Waals surface area (Å²) in [5.41, 5.74) is 0.580. The number of aliphatic hydroxyl groups is 1. The zero-order chi connectivity index (χ0) is 19.0. The Bertz CT molecular complexity index is 753. The van der Waals surface area contributed by atoms with E-state index < -0.39 is 28.0 Å². The SMILES string of the molecule is COc1ccc(C(C)(C)C)cc1S(=O)(=O)N1CCC(O)C(C(=O)O)C1. The van der Waals surface area contributed by atoms with Crippen molar-refractivity contribution in [2.75, 3.05) is 20.2 Å². The molecule has 2 rings (SSSR count). The average Bonchev–Trinajstić information content (AvgIpc) is 2.53. The molecule has 1 aromatic carbocycles. The van der Waals surface area contributed by atoms with Crippen molar-refractivity contribution in [1.82, 2.24) is 4.31 Å². The lowest BCUT2D eigenvalue weighted by molar-refractivity contribution is -0.147. The first-order valence-electron chi connectivity index (χ1n) is 8.08. The summed E-state index contributed by atoms with van der Waals surface area (Å²) in [7, 11) is -2.55. The van der Waals surface area contributed by atoms with Gasteiger partial charge in [-0.2, -0.15) is 4.31 Å². The topological polar surface area (TPSA) is 104 Å². The largest absolute Gasteiger partial charge is 0.495 e. The number of nitrogens with zero attached hydrogens (tertiary/aromatic N) is 1. The monoisotopic (exact) mass is 371 g/mol. The van der Waals surface area contributed by atoms with E-state index in [2.05, 4.69) is 0 Å². The summed E-state index contributed by atoms with van der Waals surface area (Å²) >= 11 is 0. The van der Waals surface area contributed by atoms with Crippen molar-refractivity contribution < 1.29 is 28.2 Å². The quantitative estimate of drug-likeness (QED) is 0.830. The maximum Gasteiger partial charge on any atom is 0.310 e. The number of hydrogen-bond donors (Lipinski definition) is 2. The summed E-state index contributed by atoms with van der Waals surface area (Å²) in [6.07, 6.45) is -0.968. The number of carbonyl (C=O) groups is 1. The molecule has 1 saturated heterocycles. The van der Waals surface area contributed by atoms with Gasteiger partial charge in [-0.1, -0.05) is 26.8 Å². The number of aliphatic carboxylic acids is 1. The summed E-state index contributed by atoms with van der Waals surface area (Å²) < 4.78 is 32.5. The lowest BCUT2D eigenvalue weighted by Gasteiger charge is -2.33. The smallest absolute Gasteiger partial charge is 0.310 e. The van der Waals surface area contributed by atoms with E-state index in [1.54, 1.807) is 12.1 Å². The van der Waals surface area contributed by atoms with Gasteiger partial charge >= 0.3 is 5.97 Å². The number of carboxylic acids is 1. The Balaban J connectivity index is 2.47. The second-order valence-electron chi connectivity index (χ2n) is 7.28. The van der Waals surface area contributed by atoms with Crippen molar-refractivity contribution in [3.05, 3.63) is 23.8 Å². The second-order valence-corrected chi connectivity index (χ2v) is 9.19. The minimum Gasteiger partial charge on any atom is -0.495 e. The fourth-order valence-electron chi connectivity index (χ4n) is 2.85. The van der Waals surface area contributed by atoms with Gasteiger partial charge in [-0.05, 0) is 29.5 Å². The molecule has 140 valence electrons. The van der Waals surface area contributed by atoms with Crippen LogP contribution in [0.1, 0.15) is 32.8 Å². The van der Waals surface area contributed by atoms with Crippen LogP contribution in [0.25, 0.3) is 0 Å². The Labute approximate surface area is 148 Å². The van der Waals surface area contributed by atoms with Crippen LogP contribution in [0, 0.1) is 5.92 Å². The Kier molecular flexibility index (Phi) is 5.46. The molecule has 1 aliphatic rings. The molecule has 0 amide bonds. The molecule has 0 spiro atoms. The molecule has 0 bridgehead atoms. The van der Waals surface area contributed by atoms with Crippen molar-refractivity contribution in [3.63, 3.8) is 0 Å². The molecule has 7 nitrogen and oxygen atoms in total. The number of piperidine rings is 1. The second kappa shape index (κ2) is 6.93. The minimum absolute atomic E-state index is 0.0166. The number of benzene rings is 1. The van der Waals surface area contributed by atoms with Crippen molar-refractivity contribution in [1.29, 1.82) is 0 Å². The van der Waals surface area contributed by atoms with Gasteiger partial charge in [-0.15, -0.1) is 0 Å². The fourth-order valence-corrected chi connectivity index (χ4v) is 4.52. The number of rotatable bonds is 4. The van der Waals surface area contributed by atoms with Crippen LogP contribution >= 0.6 is 0 Å². The van der Waals surface area contributed by atoms with Crippen LogP contribution in [0.15, 0.2) is 23.1 Å². The molecule has 0 aliphatic carbocycles. The van der Waals surface area contributed by atoms with E-state index in [0.29, 0.717) is 0 Å². The maximum absolute atomic E-state index is 13.1. The molecule has 1 fully saturated rings.